The Morgan fingerprint density at radius 2 is 1.89 bits per heavy atom. The molecule has 1 spiro atoms. The number of amides is 2. The lowest BCUT2D eigenvalue weighted by atomic mass is 9.59. The highest BCUT2D eigenvalue weighted by Crippen LogP contribution is 2.54. The summed E-state index contributed by atoms with van der Waals surface area (Å²) < 4.78 is 0. The predicted octanol–water partition coefficient (Wildman–Crippen LogP) is 4.82. The summed E-state index contributed by atoms with van der Waals surface area (Å²) >= 11 is 12.4. The number of carbonyl (C=O) groups excluding carboxylic acids is 2. The van der Waals surface area contributed by atoms with Gasteiger partial charge in [-0.1, -0.05) is 53.1 Å². The van der Waals surface area contributed by atoms with Gasteiger partial charge in [0.25, 0.3) is 0 Å². The average molecular weight is 415 g/mol. The largest absolute Gasteiger partial charge is 0.348 e. The second-order valence-electron chi connectivity index (χ2n) is 7.36. The summed E-state index contributed by atoms with van der Waals surface area (Å²) in [6.07, 6.45) is 2.14. The molecular formula is C22H20Cl2N2O2. The minimum absolute atomic E-state index is 0.0861. The van der Waals surface area contributed by atoms with Crippen molar-refractivity contribution in [3.63, 3.8) is 0 Å². The molecule has 6 heteroatoms. The van der Waals surface area contributed by atoms with E-state index in [9.17, 15) is 9.59 Å². The fourth-order valence-corrected chi connectivity index (χ4v) is 4.96. The van der Waals surface area contributed by atoms with E-state index >= 15 is 0 Å². The van der Waals surface area contributed by atoms with E-state index in [0.29, 0.717) is 15.7 Å². The maximum Gasteiger partial charge on any atom is 0.238 e. The second kappa shape index (κ2) is 6.94. The smallest absolute Gasteiger partial charge is 0.238 e. The highest BCUT2D eigenvalue weighted by Gasteiger charge is 2.60. The standard InChI is InChI=1S/C22H20Cl2N2O2/c1-3-12(2)20-22(16-8-7-15(24)10-18(16)25-21(22)28)17(11-19(27)26-20)13-5-4-6-14(23)9-13/h3-10,17,20H,11H2,1-2H3,(H,25,28)(H,26,27)/b12-3+/t17-,20+,22-/m0/s1. The van der Waals surface area contributed by atoms with E-state index in [2.05, 4.69) is 10.6 Å². The van der Waals surface area contributed by atoms with Gasteiger partial charge >= 0.3 is 0 Å². The Hall–Kier alpha value is -2.30. The van der Waals surface area contributed by atoms with Crippen molar-refractivity contribution < 1.29 is 9.59 Å². The highest BCUT2D eigenvalue weighted by molar-refractivity contribution is 6.31. The summed E-state index contributed by atoms with van der Waals surface area (Å²) in [5.74, 6) is -0.583. The van der Waals surface area contributed by atoms with Gasteiger partial charge in [0, 0.05) is 28.1 Å². The van der Waals surface area contributed by atoms with Crippen LogP contribution in [0, 0.1) is 0 Å². The number of rotatable bonds is 2. The van der Waals surface area contributed by atoms with Crippen molar-refractivity contribution >= 4 is 40.7 Å². The first-order chi connectivity index (χ1) is 13.4. The van der Waals surface area contributed by atoms with Crippen LogP contribution in [0.4, 0.5) is 5.69 Å². The van der Waals surface area contributed by atoms with Gasteiger partial charge in [0.05, 0.1) is 6.04 Å². The number of benzene rings is 2. The average Bonchev–Trinajstić information content (AvgIpc) is 2.94. The Morgan fingerprint density at radius 3 is 2.61 bits per heavy atom. The molecule has 0 radical (unpaired) electrons. The molecule has 2 N–H and O–H groups in total. The molecule has 3 atom stereocenters. The molecule has 0 saturated carbocycles. The van der Waals surface area contributed by atoms with Gasteiger partial charge in [-0.15, -0.1) is 0 Å². The molecule has 0 aliphatic carbocycles. The lowest BCUT2D eigenvalue weighted by molar-refractivity contribution is -0.130. The summed E-state index contributed by atoms with van der Waals surface area (Å²) in [7, 11) is 0. The number of piperidine rings is 1. The second-order valence-corrected chi connectivity index (χ2v) is 8.23. The quantitative estimate of drug-likeness (QED) is 0.691. The van der Waals surface area contributed by atoms with Gasteiger partial charge in [0.15, 0.2) is 0 Å². The lowest BCUT2D eigenvalue weighted by Crippen LogP contribution is -2.62. The van der Waals surface area contributed by atoms with Gasteiger partial charge in [-0.2, -0.15) is 0 Å². The van der Waals surface area contributed by atoms with E-state index in [1.807, 2.05) is 44.2 Å². The van der Waals surface area contributed by atoms with Crippen LogP contribution in [-0.2, 0) is 15.0 Å². The predicted molar refractivity (Wildman–Crippen MR) is 112 cm³/mol. The van der Waals surface area contributed by atoms with Gasteiger partial charge in [0.2, 0.25) is 11.8 Å². The van der Waals surface area contributed by atoms with Crippen molar-refractivity contribution in [2.45, 2.75) is 37.6 Å². The van der Waals surface area contributed by atoms with E-state index in [1.54, 1.807) is 18.2 Å². The summed E-state index contributed by atoms with van der Waals surface area (Å²) in [5, 5.41) is 7.20. The molecule has 2 aliphatic heterocycles. The molecule has 0 bridgehead atoms. The number of allylic oxidation sites excluding steroid dienone is 1. The molecule has 0 unspecified atom stereocenters. The zero-order valence-electron chi connectivity index (χ0n) is 15.6. The summed E-state index contributed by atoms with van der Waals surface area (Å²) in [4.78, 5) is 26.2. The van der Waals surface area contributed by atoms with Crippen molar-refractivity contribution in [3.8, 4) is 0 Å². The van der Waals surface area contributed by atoms with Crippen LogP contribution < -0.4 is 10.6 Å². The van der Waals surface area contributed by atoms with Crippen LogP contribution in [0.1, 0.15) is 37.3 Å². The summed E-state index contributed by atoms with van der Waals surface area (Å²) in [5.41, 5.74) is 2.36. The van der Waals surface area contributed by atoms with Crippen molar-refractivity contribution in [2.24, 2.45) is 0 Å². The number of hydrogen-bond acceptors (Lipinski definition) is 2. The van der Waals surface area contributed by atoms with Gasteiger partial charge in [0.1, 0.15) is 5.41 Å². The Balaban J connectivity index is 2.02. The Morgan fingerprint density at radius 1 is 1.14 bits per heavy atom. The van der Waals surface area contributed by atoms with Gasteiger partial charge in [-0.3, -0.25) is 9.59 Å². The molecule has 2 aromatic rings. The Labute approximate surface area is 173 Å². The molecule has 2 heterocycles. The minimum Gasteiger partial charge on any atom is -0.348 e. The Kier molecular flexibility index (Phi) is 4.72. The first kappa shape index (κ1) is 19.0. The van der Waals surface area contributed by atoms with Crippen molar-refractivity contribution in [1.82, 2.24) is 5.32 Å². The number of carbonyl (C=O) groups is 2. The molecule has 1 saturated heterocycles. The third-order valence-electron chi connectivity index (χ3n) is 5.91. The molecule has 4 rings (SSSR count). The summed E-state index contributed by atoms with van der Waals surface area (Å²) in [6.45, 7) is 3.85. The van der Waals surface area contributed by atoms with Crippen LogP contribution in [0.5, 0.6) is 0 Å². The van der Waals surface area contributed by atoms with Crippen LogP contribution in [0.25, 0.3) is 0 Å². The zero-order valence-corrected chi connectivity index (χ0v) is 17.1. The molecule has 0 aromatic heterocycles. The highest BCUT2D eigenvalue weighted by atomic mass is 35.5. The van der Waals surface area contributed by atoms with Gasteiger partial charge < -0.3 is 10.6 Å². The van der Waals surface area contributed by atoms with Crippen LogP contribution in [0.15, 0.2) is 54.1 Å². The third kappa shape index (κ3) is 2.75. The normalized spacial score (nSPS) is 26.8. The number of nitrogens with one attached hydrogen (secondary N) is 2. The molecule has 2 aromatic carbocycles. The fraction of sp³-hybridized carbons (Fsp3) is 0.273. The van der Waals surface area contributed by atoms with E-state index in [-0.39, 0.29) is 24.2 Å². The molecule has 2 amide bonds. The fourth-order valence-electron chi connectivity index (χ4n) is 4.59. The lowest BCUT2D eigenvalue weighted by Gasteiger charge is -2.46. The van der Waals surface area contributed by atoms with Crippen molar-refractivity contribution in [2.75, 3.05) is 5.32 Å². The van der Waals surface area contributed by atoms with E-state index in [1.165, 1.54) is 0 Å². The molecule has 2 aliphatic rings. The molecule has 4 nitrogen and oxygen atoms in total. The monoisotopic (exact) mass is 414 g/mol. The van der Waals surface area contributed by atoms with E-state index in [0.717, 1.165) is 16.7 Å². The maximum absolute atomic E-state index is 13.6. The first-order valence-corrected chi connectivity index (χ1v) is 9.92. The number of anilines is 1. The SMILES string of the molecule is C/C=C(\C)[C@H]1NC(=O)C[C@@H](c2cccc(Cl)c2)[C@]12C(=O)Nc1cc(Cl)ccc12. The number of fused-ring (bicyclic) bond motifs is 2. The molecular weight excluding hydrogens is 395 g/mol. The van der Waals surface area contributed by atoms with Crippen LogP contribution >= 0.6 is 23.2 Å². The van der Waals surface area contributed by atoms with Crippen LogP contribution in [-0.4, -0.2) is 17.9 Å². The van der Waals surface area contributed by atoms with Crippen LogP contribution in [0.2, 0.25) is 10.0 Å². The third-order valence-corrected chi connectivity index (χ3v) is 6.38. The zero-order chi connectivity index (χ0) is 20.1. The van der Waals surface area contributed by atoms with E-state index < -0.39 is 11.5 Å². The molecule has 1 fully saturated rings. The molecule has 144 valence electrons. The Bertz CT molecular complexity index is 1020. The van der Waals surface area contributed by atoms with Crippen molar-refractivity contribution in [1.29, 1.82) is 0 Å². The maximum atomic E-state index is 13.6. The molecule has 28 heavy (non-hydrogen) atoms. The van der Waals surface area contributed by atoms with Crippen molar-refractivity contribution in [3.05, 3.63) is 75.3 Å². The number of hydrogen-bond donors (Lipinski definition) is 2. The van der Waals surface area contributed by atoms with E-state index in [4.69, 9.17) is 23.2 Å². The number of halogens is 2. The van der Waals surface area contributed by atoms with Crippen LogP contribution in [0.3, 0.4) is 0 Å². The van der Waals surface area contributed by atoms with Gasteiger partial charge in [-0.05, 0) is 49.2 Å². The first-order valence-electron chi connectivity index (χ1n) is 9.17. The topological polar surface area (TPSA) is 58.2 Å². The van der Waals surface area contributed by atoms with Gasteiger partial charge in [-0.25, -0.2) is 0 Å². The summed E-state index contributed by atoms with van der Waals surface area (Å²) in [6, 6.07) is 12.4. The minimum atomic E-state index is -0.977.